The van der Waals surface area contributed by atoms with E-state index in [4.69, 9.17) is 14.2 Å². The fourth-order valence-corrected chi connectivity index (χ4v) is 6.42. The summed E-state index contributed by atoms with van der Waals surface area (Å²) in [4.78, 5) is 38.0. The van der Waals surface area contributed by atoms with Gasteiger partial charge in [-0.1, -0.05) is 238 Å². The summed E-state index contributed by atoms with van der Waals surface area (Å²) < 4.78 is 16.7. The van der Waals surface area contributed by atoms with Crippen LogP contribution in [-0.2, 0) is 28.6 Å². The van der Waals surface area contributed by atoms with E-state index in [2.05, 4.69) is 81.5 Å². The number of ether oxygens (including phenoxy) is 3. The number of carbonyl (C=O) groups excluding carboxylic acids is 3. The summed E-state index contributed by atoms with van der Waals surface area (Å²) in [6.45, 7) is 6.35. The molecule has 0 rings (SSSR count). The topological polar surface area (TPSA) is 78.9 Å². The van der Waals surface area contributed by atoms with Crippen molar-refractivity contribution in [2.24, 2.45) is 0 Å². The molecule has 0 bridgehead atoms. The van der Waals surface area contributed by atoms with Crippen LogP contribution in [-0.4, -0.2) is 37.2 Å². The number of rotatable bonds is 44. The Hall–Kier alpha value is -4.45. The van der Waals surface area contributed by atoms with E-state index in [-0.39, 0.29) is 37.5 Å². The average Bonchev–Trinajstić information content (AvgIpc) is 3.30. The molecule has 0 aromatic rings. The molecule has 0 fully saturated rings. The van der Waals surface area contributed by atoms with Gasteiger partial charge in [-0.05, 0) is 77.0 Å². The minimum Gasteiger partial charge on any atom is -0.462 e. The van der Waals surface area contributed by atoms with Crippen LogP contribution >= 0.6 is 0 Å². The molecule has 1 unspecified atom stereocenters. The summed E-state index contributed by atoms with van der Waals surface area (Å²) >= 11 is 0. The van der Waals surface area contributed by atoms with Gasteiger partial charge in [0.05, 0.1) is 0 Å². The monoisotopic (exact) mass is 897 g/mol. The van der Waals surface area contributed by atoms with Crippen LogP contribution in [0.4, 0.5) is 0 Å². The van der Waals surface area contributed by atoms with Gasteiger partial charge in [-0.15, -0.1) is 0 Å². The van der Waals surface area contributed by atoms with Crippen molar-refractivity contribution in [3.05, 3.63) is 134 Å². The highest BCUT2D eigenvalue weighted by Gasteiger charge is 2.19. The minimum atomic E-state index is -0.810. The van der Waals surface area contributed by atoms with Crippen LogP contribution in [0.2, 0.25) is 0 Å². The second-order valence-corrected chi connectivity index (χ2v) is 16.6. The van der Waals surface area contributed by atoms with Gasteiger partial charge in [-0.25, -0.2) is 0 Å². The lowest BCUT2D eigenvalue weighted by molar-refractivity contribution is -0.167. The molecule has 6 heteroatoms. The van der Waals surface area contributed by atoms with Gasteiger partial charge in [-0.3, -0.25) is 14.4 Å². The summed E-state index contributed by atoms with van der Waals surface area (Å²) in [7, 11) is 0. The lowest BCUT2D eigenvalue weighted by Gasteiger charge is -2.18. The molecule has 0 aromatic heterocycles. The summed E-state index contributed by atoms with van der Waals surface area (Å²) in [5, 5.41) is 0. The maximum atomic E-state index is 12.8. The summed E-state index contributed by atoms with van der Waals surface area (Å²) in [5.74, 6) is -0.977. The molecular formula is C59H92O6. The number of allylic oxidation sites excluding steroid dienone is 22. The average molecular weight is 897 g/mol. The van der Waals surface area contributed by atoms with Gasteiger partial charge in [-0.2, -0.15) is 0 Å². The molecule has 0 saturated carbocycles. The molecule has 0 aliphatic heterocycles. The van der Waals surface area contributed by atoms with Gasteiger partial charge in [0.1, 0.15) is 13.2 Å². The van der Waals surface area contributed by atoms with Gasteiger partial charge < -0.3 is 14.2 Å². The van der Waals surface area contributed by atoms with E-state index in [0.717, 1.165) is 122 Å². The molecule has 0 radical (unpaired) electrons. The Morgan fingerprint density at radius 3 is 0.969 bits per heavy atom. The van der Waals surface area contributed by atoms with Crippen molar-refractivity contribution in [3.63, 3.8) is 0 Å². The molecule has 0 aliphatic rings. The first-order chi connectivity index (χ1) is 32.0. The predicted octanol–water partition coefficient (Wildman–Crippen LogP) is 17.1. The van der Waals surface area contributed by atoms with Crippen molar-refractivity contribution in [3.8, 4) is 0 Å². The minimum absolute atomic E-state index is 0.107. The summed E-state index contributed by atoms with van der Waals surface area (Å²) in [5.41, 5.74) is 0. The zero-order valence-electron chi connectivity index (χ0n) is 41.4. The fraction of sp³-hybridized carbons (Fsp3) is 0.576. The molecule has 65 heavy (non-hydrogen) atoms. The Balaban J connectivity index is 4.53. The maximum absolute atomic E-state index is 12.8. The molecule has 0 saturated heterocycles. The summed E-state index contributed by atoms with van der Waals surface area (Å²) in [6, 6.07) is 0. The smallest absolute Gasteiger partial charge is 0.306 e. The third-order valence-corrected chi connectivity index (χ3v) is 10.3. The van der Waals surface area contributed by atoms with Crippen LogP contribution in [0.1, 0.15) is 201 Å². The zero-order valence-corrected chi connectivity index (χ0v) is 41.4. The van der Waals surface area contributed by atoms with Crippen molar-refractivity contribution in [2.45, 2.75) is 207 Å². The van der Waals surface area contributed by atoms with E-state index in [0.29, 0.717) is 12.8 Å². The Kier molecular flexibility index (Phi) is 48.6. The second kappa shape index (κ2) is 52.2. The summed E-state index contributed by atoms with van der Waals surface area (Å²) in [6.07, 6.45) is 72.7. The lowest BCUT2D eigenvalue weighted by atomic mass is 10.1. The predicted molar refractivity (Wildman–Crippen MR) is 279 cm³/mol. The first-order valence-corrected chi connectivity index (χ1v) is 25.8. The van der Waals surface area contributed by atoms with Gasteiger partial charge in [0.2, 0.25) is 0 Å². The Morgan fingerprint density at radius 1 is 0.308 bits per heavy atom. The van der Waals surface area contributed by atoms with Crippen molar-refractivity contribution >= 4 is 17.9 Å². The second-order valence-electron chi connectivity index (χ2n) is 16.6. The highest BCUT2D eigenvalue weighted by atomic mass is 16.6. The van der Waals surface area contributed by atoms with Crippen LogP contribution in [0.15, 0.2) is 134 Å². The third kappa shape index (κ3) is 50.4. The highest BCUT2D eigenvalue weighted by molar-refractivity contribution is 5.71. The quantitative estimate of drug-likeness (QED) is 0.0199. The molecule has 0 amide bonds. The van der Waals surface area contributed by atoms with E-state index in [1.54, 1.807) is 0 Å². The Bertz CT molecular complexity index is 1450. The van der Waals surface area contributed by atoms with E-state index < -0.39 is 6.10 Å². The van der Waals surface area contributed by atoms with E-state index in [9.17, 15) is 14.4 Å². The number of hydrogen-bond donors (Lipinski definition) is 0. The molecule has 6 nitrogen and oxygen atoms in total. The normalized spacial score (nSPS) is 13.2. The molecule has 364 valence electrons. The Labute approximate surface area is 398 Å². The van der Waals surface area contributed by atoms with Crippen LogP contribution in [0, 0.1) is 0 Å². The van der Waals surface area contributed by atoms with E-state index in [1.807, 2.05) is 72.9 Å². The molecule has 0 N–H and O–H groups in total. The molecule has 1 atom stereocenters. The molecule has 0 heterocycles. The standard InChI is InChI=1S/C59H92O6/c1-4-7-10-13-16-19-22-24-26-28-30-32-34-37-40-43-46-49-52-58(61)64-55-56(54-63-57(60)51-48-45-42-39-36-21-18-15-12-9-6-3)65-59(62)53-50-47-44-41-38-35-33-31-29-27-25-23-20-17-14-11-8-5-2/h10-11,13-20,22-33,56H,4-9,12,21,34-55H2,1-3H3/b13-10-,14-11-,18-15-,19-16-,20-17-,24-22-,25-23-,28-26-,29-27-,32-30-,33-31-. The largest absolute Gasteiger partial charge is 0.462 e. The molecule has 0 spiro atoms. The first kappa shape index (κ1) is 60.5. The highest BCUT2D eigenvalue weighted by Crippen LogP contribution is 2.13. The van der Waals surface area contributed by atoms with E-state index >= 15 is 0 Å². The number of carbonyl (C=O) groups is 3. The third-order valence-electron chi connectivity index (χ3n) is 10.3. The fourth-order valence-electron chi connectivity index (χ4n) is 6.42. The van der Waals surface area contributed by atoms with Gasteiger partial charge in [0.15, 0.2) is 6.10 Å². The van der Waals surface area contributed by atoms with Crippen LogP contribution in [0.3, 0.4) is 0 Å². The molecule has 0 aromatic carbocycles. The van der Waals surface area contributed by atoms with Crippen molar-refractivity contribution in [1.82, 2.24) is 0 Å². The van der Waals surface area contributed by atoms with Crippen LogP contribution in [0.25, 0.3) is 0 Å². The van der Waals surface area contributed by atoms with Gasteiger partial charge in [0, 0.05) is 19.3 Å². The van der Waals surface area contributed by atoms with Crippen molar-refractivity contribution in [1.29, 1.82) is 0 Å². The van der Waals surface area contributed by atoms with Gasteiger partial charge in [0.25, 0.3) is 0 Å². The van der Waals surface area contributed by atoms with Crippen molar-refractivity contribution < 1.29 is 28.6 Å². The van der Waals surface area contributed by atoms with E-state index in [1.165, 1.54) is 38.5 Å². The van der Waals surface area contributed by atoms with Crippen molar-refractivity contribution in [2.75, 3.05) is 13.2 Å². The van der Waals surface area contributed by atoms with Gasteiger partial charge >= 0.3 is 17.9 Å². The van der Waals surface area contributed by atoms with Crippen LogP contribution in [0.5, 0.6) is 0 Å². The lowest BCUT2D eigenvalue weighted by Crippen LogP contribution is -2.30. The number of unbranched alkanes of at least 4 members (excludes halogenated alkanes) is 19. The SMILES string of the molecule is CCC\C=C/C=C\C=C/C=C\C=C/CCCCCCCC(=O)OCC(COC(=O)CCCCCCC/C=C\CCCC)OC(=O)CCCCCCC\C=C/C=C\C=C/C=C\C=C/CCC. The number of esters is 3. The van der Waals surface area contributed by atoms with Crippen LogP contribution < -0.4 is 0 Å². The number of hydrogen-bond acceptors (Lipinski definition) is 6. The zero-order chi connectivity index (χ0) is 47.2. The molecule has 0 aliphatic carbocycles. The first-order valence-electron chi connectivity index (χ1n) is 25.8. The Morgan fingerprint density at radius 2 is 0.600 bits per heavy atom. The maximum Gasteiger partial charge on any atom is 0.306 e. The molecular weight excluding hydrogens is 805 g/mol.